The Hall–Kier alpha value is -2.60. The summed E-state index contributed by atoms with van der Waals surface area (Å²) in [6.07, 6.45) is 8.47. The number of Topliss-reactive ketones (excluding diaryl/α,β-unsaturated/α-hetero) is 1. The molecular weight excluding hydrogens is 627 g/mol. The minimum absolute atomic E-state index is 0.00772. The van der Waals surface area contributed by atoms with Crippen LogP contribution in [0.3, 0.4) is 0 Å². The van der Waals surface area contributed by atoms with E-state index < -0.39 is 0 Å². The Bertz CT molecular complexity index is 1340. The lowest BCUT2D eigenvalue weighted by molar-refractivity contribution is -0.133. The zero-order chi connectivity index (χ0) is 35.3. The van der Waals surface area contributed by atoms with Crippen molar-refractivity contribution in [2.75, 3.05) is 39.3 Å². The average Bonchev–Trinajstić information content (AvgIpc) is 3.32. The normalized spacial score (nSPS) is 14.5. The van der Waals surface area contributed by atoms with Gasteiger partial charge in [-0.15, -0.1) is 11.8 Å². The number of thioether (sulfide) groups is 1. The van der Waals surface area contributed by atoms with Gasteiger partial charge in [-0.2, -0.15) is 0 Å². The van der Waals surface area contributed by atoms with Gasteiger partial charge in [0.2, 0.25) is 11.8 Å². The van der Waals surface area contributed by atoms with Gasteiger partial charge in [0.1, 0.15) is 12.4 Å². The van der Waals surface area contributed by atoms with Gasteiger partial charge in [-0.1, -0.05) is 60.8 Å². The summed E-state index contributed by atoms with van der Waals surface area (Å²) < 4.78 is 0.0573. The van der Waals surface area contributed by atoms with Crippen LogP contribution in [0.5, 0.6) is 5.75 Å². The number of aromatic nitrogens is 1. The molecular formula is C37H61N5O5S. The second-order valence-electron chi connectivity index (χ2n) is 15.5. The molecule has 1 aliphatic rings. The van der Waals surface area contributed by atoms with Gasteiger partial charge >= 0.3 is 0 Å². The Kier molecular flexibility index (Phi) is 15.7. The number of fused-ring (bicyclic) bond motifs is 1. The summed E-state index contributed by atoms with van der Waals surface area (Å²) in [7, 11) is 0. The van der Waals surface area contributed by atoms with Crippen LogP contribution in [0.2, 0.25) is 0 Å². The predicted octanol–water partition coefficient (Wildman–Crippen LogP) is 6.47. The van der Waals surface area contributed by atoms with E-state index in [2.05, 4.69) is 67.6 Å². The van der Waals surface area contributed by atoms with E-state index in [1.807, 2.05) is 22.7 Å². The van der Waals surface area contributed by atoms with Crippen molar-refractivity contribution < 1.29 is 24.3 Å². The van der Waals surface area contributed by atoms with E-state index in [1.54, 1.807) is 0 Å². The Morgan fingerprint density at radius 3 is 2.19 bits per heavy atom. The maximum atomic E-state index is 12.9. The second kappa shape index (κ2) is 19.0. The zero-order valence-corrected chi connectivity index (χ0v) is 31.2. The number of phenolic OH excluding ortho intramolecular Hbond substituents is 1. The zero-order valence-electron chi connectivity index (χ0n) is 30.3. The fourth-order valence-corrected chi connectivity index (χ4v) is 7.23. The Labute approximate surface area is 292 Å². The molecule has 1 saturated heterocycles. The molecule has 1 fully saturated rings. The van der Waals surface area contributed by atoms with Crippen molar-refractivity contribution in [3.05, 3.63) is 23.3 Å². The highest BCUT2D eigenvalue weighted by Crippen LogP contribution is 2.42. The lowest BCUT2D eigenvalue weighted by atomic mass is 9.88. The fraction of sp³-hybridized carbons (Fsp3) is 0.703. The van der Waals surface area contributed by atoms with Crippen molar-refractivity contribution in [1.82, 2.24) is 20.1 Å². The van der Waals surface area contributed by atoms with E-state index in [1.165, 1.54) is 16.0 Å². The summed E-state index contributed by atoms with van der Waals surface area (Å²) in [4.78, 5) is 48.7. The van der Waals surface area contributed by atoms with Crippen molar-refractivity contribution in [3.63, 3.8) is 0 Å². The van der Waals surface area contributed by atoms with E-state index in [0.717, 1.165) is 75.5 Å². The number of carbonyl (C=O) groups excluding carboxylic acids is 3. The second-order valence-corrected chi connectivity index (χ2v) is 17.3. The molecule has 10 nitrogen and oxygen atoms in total. The van der Waals surface area contributed by atoms with Gasteiger partial charge in [-0.05, 0) is 55.2 Å². The first kappa shape index (κ1) is 39.8. The number of aromatic hydroxyl groups is 1. The molecule has 0 atom stereocenters. The van der Waals surface area contributed by atoms with Gasteiger partial charge in [0.15, 0.2) is 5.78 Å². The summed E-state index contributed by atoms with van der Waals surface area (Å²) in [5.74, 6) is 5.48. The molecule has 2 aromatic rings. The number of benzene rings is 1. The molecule has 3 rings (SSSR count). The standard InChI is InChI=1S/C37H61N5O5S/c1-36(2,3)24-29-28-17-18-31(44)30(34(28)40-35(29)48-37(4,5)6)25-41-20-22-42(23-21-41)33(46)16-12-9-13-19-39-32(45)15-11-8-7-10-14-27(43)26-47-38/h17-18,40,44H,7-16,19-26,38H2,1-6H3,(H,39,45). The highest BCUT2D eigenvalue weighted by Gasteiger charge is 2.26. The van der Waals surface area contributed by atoms with E-state index >= 15 is 0 Å². The number of carbonyl (C=O) groups is 3. The largest absolute Gasteiger partial charge is 0.508 e. The molecule has 1 aromatic carbocycles. The molecule has 2 heterocycles. The Morgan fingerprint density at radius 2 is 1.54 bits per heavy atom. The van der Waals surface area contributed by atoms with E-state index in [9.17, 15) is 19.5 Å². The monoisotopic (exact) mass is 687 g/mol. The number of nitrogens with zero attached hydrogens (tertiary/aromatic N) is 2. The van der Waals surface area contributed by atoms with Gasteiger partial charge in [-0.3, -0.25) is 24.1 Å². The molecule has 1 aromatic heterocycles. The van der Waals surface area contributed by atoms with Gasteiger partial charge in [0.25, 0.3) is 0 Å². The summed E-state index contributed by atoms with van der Waals surface area (Å²) >= 11 is 1.85. The van der Waals surface area contributed by atoms with Gasteiger partial charge in [0, 0.05) is 74.2 Å². The first-order valence-electron chi connectivity index (χ1n) is 17.8. The maximum Gasteiger partial charge on any atom is 0.222 e. The first-order chi connectivity index (χ1) is 22.7. The van der Waals surface area contributed by atoms with Gasteiger partial charge < -0.3 is 20.3 Å². The Balaban J connectivity index is 1.38. The molecule has 0 spiro atoms. The SMILES string of the molecule is CC(C)(C)Cc1c(SC(C)(C)C)[nH]c2c(CN3CCN(C(=O)CCCCCNC(=O)CCCCCCC(=O)CON)CC3)c(O)ccc12. The molecule has 0 aliphatic carbocycles. The minimum Gasteiger partial charge on any atom is -0.508 e. The fourth-order valence-electron chi connectivity index (χ4n) is 6.16. The molecule has 2 amide bonds. The molecule has 11 heteroatoms. The topological polar surface area (TPSA) is 141 Å². The van der Waals surface area contributed by atoms with E-state index in [4.69, 9.17) is 5.90 Å². The number of H-pyrrole nitrogens is 1. The van der Waals surface area contributed by atoms with Crippen LogP contribution in [0.15, 0.2) is 17.2 Å². The summed E-state index contributed by atoms with van der Waals surface area (Å²) in [6, 6.07) is 3.89. The maximum absolute atomic E-state index is 12.9. The van der Waals surface area contributed by atoms with Crippen LogP contribution in [-0.4, -0.2) is 81.6 Å². The number of phenols is 1. The Morgan fingerprint density at radius 1 is 0.896 bits per heavy atom. The number of nitrogens with one attached hydrogen (secondary N) is 2. The first-order valence-corrected chi connectivity index (χ1v) is 18.6. The molecule has 270 valence electrons. The van der Waals surface area contributed by atoms with Crippen LogP contribution in [-0.2, 0) is 32.2 Å². The number of piperazine rings is 1. The highest BCUT2D eigenvalue weighted by atomic mass is 32.2. The van der Waals surface area contributed by atoms with Crippen LogP contribution < -0.4 is 11.2 Å². The molecule has 0 bridgehead atoms. The van der Waals surface area contributed by atoms with E-state index in [0.29, 0.717) is 51.2 Å². The van der Waals surface area contributed by atoms with Gasteiger partial charge in [0.05, 0.1) is 10.5 Å². The molecule has 0 unspecified atom stereocenters. The number of hydrogen-bond acceptors (Lipinski definition) is 8. The quantitative estimate of drug-likeness (QED) is 0.0748. The van der Waals surface area contributed by atoms with Crippen molar-refractivity contribution >= 4 is 40.3 Å². The third kappa shape index (κ3) is 13.7. The summed E-state index contributed by atoms with van der Waals surface area (Å²) in [5.41, 5.74) is 3.41. The lowest BCUT2D eigenvalue weighted by Crippen LogP contribution is -2.48. The molecule has 1 aliphatic heterocycles. The number of rotatable bonds is 19. The predicted molar refractivity (Wildman–Crippen MR) is 195 cm³/mol. The molecule has 48 heavy (non-hydrogen) atoms. The van der Waals surface area contributed by atoms with Crippen molar-refractivity contribution in [2.45, 2.75) is 128 Å². The van der Waals surface area contributed by atoms with Crippen LogP contribution in [0.1, 0.15) is 117 Å². The van der Waals surface area contributed by atoms with Crippen LogP contribution in [0.25, 0.3) is 10.9 Å². The van der Waals surface area contributed by atoms with Crippen molar-refractivity contribution in [3.8, 4) is 5.75 Å². The number of nitrogens with two attached hydrogens (primary N) is 1. The van der Waals surface area contributed by atoms with Gasteiger partial charge in [-0.25, -0.2) is 5.90 Å². The van der Waals surface area contributed by atoms with Crippen LogP contribution in [0, 0.1) is 5.41 Å². The lowest BCUT2D eigenvalue weighted by Gasteiger charge is -2.35. The summed E-state index contributed by atoms with van der Waals surface area (Å²) in [5, 5.41) is 16.3. The minimum atomic E-state index is -0.0369. The number of ketones is 1. The third-order valence-corrected chi connectivity index (χ3v) is 9.76. The number of amides is 2. The smallest absolute Gasteiger partial charge is 0.222 e. The number of unbranched alkanes of at least 4 members (excludes halogenated alkanes) is 5. The van der Waals surface area contributed by atoms with Crippen molar-refractivity contribution in [1.29, 1.82) is 0 Å². The highest BCUT2D eigenvalue weighted by molar-refractivity contribution is 8.00. The average molecular weight is 688 g/mol. The molecule has 0 radical (unpaired) electrons. The van der Waals surface area contributed by atoms with Crippen LogP contribution >= 0.6 is 11.8 Å². The molecule has 5 N–H and O–H groups in total. The summed E-state index contributed by atoms with van der Waals surface area (Å²) in [6.45, 7) is 17.6. The number of hydrogen-bond donors (Lipinski definition) is 4. The van der Waals surface area contributed by atoms with Crippen molar-refractivity contribution in [2.24, 2.45) is 11.3 Å². The number of aromatic amines is 1. The molecule has 0 saturated carbocycles. The van der Waals surface area contributed by atoms with Crippen LogP contribution in [0.4, 0.5) is 0 Å². The van der Waals surface area contributed by atoms with E-state index in [-0.39, 0.29) is 34.4 Å². The third-order valence-electron chi connectivity index (χ3n) is 8.59.